The van der Waals surface area contributed by atoms with Gasteiger partial charge in [0.15, 0.2) is 0 Å². The molecule has 0 saturated heterocycles. The van der Waals surface area contributed by atoms with Crippen LogP contribution in [0.2, 0.25) is 0 Å². The van der Waals surface area contributed by atoms with Crippen LogP contribution in [0.3, 0.4) is 0 Å². The Morgan fingerprint density at radius 1 is 0.889 bits per heavy atom. The van der Waals surface area contributed by atoms with Crippen molar-refractivity contribution < 1.29 is 5.11 Å². The molecule has 0 aromatic heterocycles. The molecule has 0 heterocycles. The third-order valence-corrected chi connectivity index (χ3v) is 3.57. The highest BCUT2D eigenvalue weighted by Crippen LogP contribution is 2.29. The van der Waals surface area contributed by atoms with E-state index in [1.54, 1.807) is 0 Å². The summed E-state index contributed by atoms with van der Waals surface area (Å²) < 4.78 is 0. The van der Waals surface area contributed by atoms with E-state index in [2.05, 4.69) is 49.4 Å². The Morgan fingerprint density at radius 3 is 2.39 bits per heavy atom. The van der Waals surface area contributed by atoms with Crippen LogP contribution in [0, 0.1) is 0 Å². The Balaban J connectivity index is 2.48. The van der Waals surface area contributed by atoms with Crippen LogP contribution in [0.15, 0.2) is 48.5 Å². The van der Waals surface area contributed by atoms with E-state index >= 15 is 0 Å². The van der Waals surface area contributed by atoms with Crippen molar-refractivity contribution in [2.45, 2.75) is 20.0 Å². The van der Waals surface area contributed by atoms with Gasteiger partial charge in [-0.2, -0.15) is 0 Å². The molecule has 1 nitrogen and oxygen atoms in total. The third-order valence-electron chi connectivity index (χ3n) is 3.57. The first-order valence-electron chi connectivity index (χ1n) is 6.37. The minimum absolute atomic E-state index is 0.0970. The lowest BCUT2D eigenvalue weighted by Crippen LogP contribution is -1.88. The molecule has 0 bridgehead atoms. The summed E-state index contributed by atoms with van der Waals surface area (Å²) in [5, 5.41) is 14.4. The smallest absolute Gasteiger partial charge is 0.0682 e. The Hall–Kier alpha value is -1.86. The largest absolute Gasteiger partial charge is 0.392 e. The Morgan fingerprint density at radius 2 is 1.67 bits per heavy atom. The second-order valence-corrected chi connectivity index (χ2v) is 4.65. The van der Waals surface area contributed by atoms with Crippen LogP contribution >= 0.6 is 0 Å². The number of rotatable bonds is 2. The molecule has 1 heteroatoms. The van der Waals surface area contributed by atoms with Gasteiger partial charge in [-0.25, -0.2) is 0 Å². The molecule has 18 heavy (non-hydrogen) atoms. The number of aliphatic hydroxyl groups is 1. The summed E-state index contributed by atoms with van der Waals surface area (Å²) >= 11 is 0. The van der Waals surface area contributed by atoms with Crippen LogP contribution in [0.25, 0.3) is 21.5 Å². The average Bonchev–Trinajstić information content (AvgIpc) is 2.45. The van der Waals surface area contributed by atoms with E-state index in [0.717, 1.165) is 12.0 Å². The summed E-state index contributed by atoms with van der Waals surface area (Å²) in [6.45, 7) is 2.29. The molecular formula is C17H16O. The van der Waals surface area contributed by atoms with Gasteiger partial charge in [-0.15, -0.1) is 0 Å². The summed E-state index contributed by atoms with van der Waals surface area (Å²) in [5.74, 6) is 0. The van der Waals surface area contributed by atoms with E-state index in [4.69, 9.17) is 0 Å². The van der Waals surface area contributed by atoms with Crippen molar-refractivity contribution >= 4 is 21.5 Å². The monoisotopic (exact) mass is 236 g/mol. The van der Waals surface area contributed by atoms with E-state index in [-0.39, 0.29) is 6.61 Å². The molecule has 3 rings (SSSR count). The number of aryl methyl sites for hydroxylation is 1. The number of hydrogen-bond donors (Lipinski definition) is 1. The van der Waals surface area contributed by atoms with Gasteiger partial charge >= 0.3 is 0 Å². The maximum absolute atomic E-state index is 9.27. The van der Waals surface area contributed by atoms with Gasteiger partial charge in [0.05, 0.1) is 6.61 Å². The summed E-state index contributed by atoms with van der Waals surface area (Å²) in [4.78, 5) is 0. The molecule has 0 saturated carbocycles. The zero-order valence-corrected chi connectivity index (χ0v) is 10.5. The lowest BCUT2D eigenvalue weighted by atomic mass is 9.95. The van der Waals surface area contributed by atoms with Crippen molar-refractivity contribution in [2.24, 2.45) is 0 Å². The first-order chi connectivity index (χ1) is 8.83. The highest BCUT2D eigenvalue weighted by Gasteiger charge is 2.05. The van der Waals surface area contributed by atoms with E-state index in [1.807, 2.05) is 6.07 Å². The van der Waals surface area contributed by atoms with Gasteiger partial charge in [-0.1, -0.05) is 49.4 Å². The predicted octanol–water partition coefficient (Wildman–Crippen LogP) is 4.05. The molecular weight excluding hydrogens is 220 g/mol. The summed E-state index contributed by atoms with van der Waals surface area (Å²) in [5.41, 5.74) is 2.35. The molecule has 3 aromatic rings. The maximum atomic E-state index is 9.27. The van der Waals surface area contributed by atoms with E-state index < -0.39 is 0 Å². The molecule has 0 amide bonds. The molecule has 0 fully saturated rings. The predicted molar refractivity (Wildman–Crippen MR) is 76.8 cm³/mol. The number of benzene rings is 3. The van der Waals surface area contributed by atoms with Gasteiger partial charge in [0, 0.05) is 0 Å². The van der Waals surface area contributed by atoms with E-state index in [1.165, 1.54) is 27.1 Å². The first-order valence-corrected chi connectivity index (χ1v) is 6.37. The van der Waals surface area contributed by atoms with Crippen molar-refractivity contribution in [2.75, 3.05) is 0 Å². The fraction of sp³-hybridized carbons (Fsp3) is 0.176. The second kappa shape index (κ2) is 4.43. The van der Waals surface area contributed by atoms with Crippen LogP contribution < -0.4 is 0 Å². The average molecular weight is 236 g/mol. The van der Waals surface area contributed by atoms with Gasteiger partial charge in [0.1, 0.15) is 0 Å². The molecule has 0 radical (unpaired) electrons. The first kappa shape index (κ1) is 11.2. The highest BCUT2D eigenvalue weighted by molar-refractivity contribution is 6.09. The van der Waals surface area contributed by atoms with Crippen molar-refractivity contribution in [3.05, 3.63) is 59.7 Å². The van der Waals surface area contributed by atoms with Crippen LogP contribution in [-0.2, 0) is 13.0 Å². The van der Waals surface area contributed by atoms with Crippen LogP contribution in [0.5, 0.6) is 0 Å². The fourth-order valence-electron chi connectivity index (χ4n) is 2.62. The molecule has 1 N–H and O–H groups in total. The summed E-state index contributed by atoms with van der Waals surface area (Å²) in [6, 6.07) is 17.0. The molecule has 90 valence electrons. The molecule has 0 atom stereocenters. The van der Waals surface area contributed by atoms with Gasteiger partial charge in [-0.3, -0.25) is 0 Å². The molecule has 0 aliphatic heterocycles. The van der Waals surface area contributed by atoms with Gasteiger partial charge in [0.25, 0.3) is 0 Å². The third kappa shape index (κ3) is 1.68. The van der Waals surface area contributed by atoms with Gasteiger partial charge < -0.3 is 5.11 Å². The molecule has 0 unspecified atom stereocenters. The van der Waals surface area contributed by atoms with Crippen molar-refractivity contribution in [1.82, 2.24) is 0 Å². The van der Waals surface area contributed by atoms with E-state index in [0.29, 0.717) is 0 Å². The standard InChI is InChI=1S/C17H16O/c1-2-13-10-14-8-7-12(11-18)9-17(14)16-6-4-3-5-15(13)16/h3-10,18H,2,11H2,1H3. The maximum Gasteiger partial charge on any atom is 0.0682 e. The van der Waals surface area contributed by atoms with Crippen molar-refractivity contribution in [3.8, 4) is 0 Å². The van der Waals surface area contributed by atoms with Crippen LogP contribution in [0.1, 0.15) is 18.1 Å². The number of hydrogen-bond acceptors (Lipinski definition) is 1. The zero-order chi connectivity index (χ0) is 12.5. The zero-order valence-electron chi connectivity index (χ0n) is 10.5. The lowest BCUT2D eigenvalue weighted by Gasteiger charge is -2.10. The molecule has 0 aliphatic carbocycles. The molecule has 0 spiro atoms. The highest BCUT2D eigenvalue weighted by atomic mass is 16.3. The van der Waals surface area contributed by atoms with Gasteiger partial charge in [-0.05, 0) is 45.2 Å². The Bertz CT molecular complexity index is 713. The molecule has 3 aromatic carbocycles. The fourth-order valence-corrected chi connectivity index (χ4v) is 2.62. The Kier molecular flexibility index (Phi) is 2.77. The number of aliphatic hydroxyl groups excluding tert-OH is 1. The quantitative estimate of drug-likeness (QED) is 0.665. The summed E-state index contributed by atoms with van der Waals surface area (Å²) in [7, 11) is 0. The normalized spacial score (nSPS) is 11.2. The number of fused-ring (bicyclic) bond motifs is 3. The van der Waals surface area contributed by atoms with Crippen molar-refractivity contribution in [1.29, 1.82) is 0 Å². The minimum atomic E-state index is 0.0970. The topological polar surface area (TPSA) is 20.2 Å². The summed E-state index contributed by atoms with van der Waals surface area (Å²) in [6.07, 6.45) is 1.04. The van der Waals surface area contributed by atoms with Crippen molar-refractivity contribution in [3.63, 3.8) is 0 Å². The lowest BCUT2D eigenvalue weighted by molar-refractivity contribution is 0.282. The SMILES string of the molecule is CCc1cc2ccc(CO)cc2c2ccccc12. The minimum Gasteiger partial charge on any atom is -0.392 e. The van der Waals surface area contributed by atoms with E-state index in [9.17, 15) is 5.11 Å². The second-order valence-electron chi connectivity index (χ2n) is 4.65. The molecule has 0 aliphatic rings. The Labute approximate surface area is 107 Å². The van der Waals surface area contributed by atoms with Gasteiger partial charge in [0.2, 0.25) is 0 Å². The van der Waals surface area contributed by atoms with Crippen LogP contribution in [-0.4, -0.2) is 5.11 Å². The van der Waals surface area contributed by atoms with Crippen LogP contribution in [0.4, 0.5) is 0 Å².